The molecule has 0 saturated carbocycles. The highest BCUT2D eigenvalue weighted by Crippen LogP contribution is 2.55. The molecule has 10 rings (SSSR count). The summed E-state index contributed by atoms with van der Waals surface area (Å²) in [6, 6.07) is 44.3. The van der Waals surface area contributed by atoms with E-state index in [4.69, 9.17) is 9.47 Å². The van der Waals surface area contributed by atoms with Gasteiger partial charge in [0.2, 0.25) is 0 Å². The maximum Gasteiger partial charge on any atom is 0.334 e. The molecule has 0 N–H and O–H groups in total. The summed E-state index contributed by atoms with van der Waals surface area (Å²) in [5, 5.41) is 4.95. The predicted molar refractivity (Wildman–Crippen MR) is 193 cm³/mol. The molecule has 0 radical (unpaired) electrons. The van der Waals surface area contributed by atoms with Crippen molar-refractivity contribution in [3.63, 3.8) is 0 Å². The minimum absolute atomic E-state index is 0.0522. The topological polar surface area (TPSA) is 24.5 Å². The molecule has 4 heteroatoms. The minimum atomic E-state index is -0.277. The van der Waals surface area contributed by atoms with E-state index in [1.54, 1.807) is 0 Å². The quantitative estimate of drug-likeness (QED) is 0.142. The minimum Gasteiger partial charge on any atom is -0.493 e. The van der Waals surface area contributed by atoms with Crippen LogP contribution < -0.4 is 0 Å². The lowest BCUT2D eigenvalue weighted by Gasteiger charge is -2.41. The molecule has 4 heterocycles. The van der Waals surface area contributed by atoms with Gasteiger partial charge < -0.3 is 9.47 Å². The van der Waals surface area contributed by atoms with Crippen molar-refractivity contribution >= 4 is 33.3 Å². The second-order valence-electron chi connectivity index (χ2n) is 14.9. The van der Waals surface area contributed by atoms with Crippen LogP contribution in [0.25, 0.3) is 43.8 Å². The molecule has 6 aromatic carbocycles. The van der Waals surface area contributed by atoms with E-state index in [2.05, 4.69) is 158 Å². The molecular weight excluding hydrogens is 588 g/mol. The van der Waals surface area contributed by atoms with E-state index >= 15 is 0 Å². The van der Waals surface area contributed by atoms with E-state index in [0.717, 1.165) is 11.8 Å². The zero-order valence-electron chi connectivity index (χ0n) is 27.7. The van der Waals surface area contributed by atoms with Crippen molar-refractivity contribution in [2.75, 3.05) is 13.2 Å². The molecule has 4 aliphatic rings. The highest BCUT2D eigenvalue weighted by atomic mass is 16.5. The van der Waals surface area contributed by atoms with Crippen molar-refractivity contribution in [3.8, 4) is 22.3 Å². The van der Waals surface area contributed by atoms with E-state index in [9.17, 15) is 0 Å². The average molecular weight is 626 g/mol. The van der Waals surface area contributed by atoms with Crippen LogP contribution in [0.3, 0.4) is 0 Å². The molecule has 0 atom stereocenters. The fourth-order valence-electron chi connectivity index (χ4n) is 8.76. The summed E-state index contributed by atoms with van der Waals surface area (Å²) >= 11 is 0. The normalized spacial score (nSPS) is 18.6. The summed E-state index contributed by atoms with van der Waals surface area (Å²) in [5.74, 6) is 1.84. The van der Waals surface area contributed by atoms with Gasteiger partial charge in [-0.2, -0.15) is 0 Å². The van der Waals surface area contributed by atoms with E-state index in [0.29, 0.717) is 13.2 Å². The number of hydrogen-bond acceptors (Lipinski definition) is 2. The SMILES string of the molecule is CC1(C)COC2=[N+]1[C-]1C(c3cc4ccccc4c(-c4ccccc4)c32)c2cc3ccccc3c(-c3ccccc3)c2C2=[N+]1C(C)(C)CO2. The number of rotatable bonds is 2. The second-order valence-corrected chi connectivity index (χ2v) is 14.9. The van der Waals surface area contributed by atoms with Crippen LogP contribution in [0.2, 0.25) is 0 Å². The Morgan fingerprint density at radius 3 is 1.35 bits per heavy atom. The van der Waals surface area contributed by atoms with E-state index in [1.807, 2.05) is 0 Å². The maximum absolute atomic E-state index is 6.87. The summed E-state index contributed by atoms with van der Waals surface area (Å²) in [4.78, 5) is 0. The Labute approximate surface area is 281 Å². The van der Waals surface area contributed by atoms with Gasteiger partial charge in [0.15, 0.2) is 11.1 Å². The molecule has 0 unspecified atom stereocenters. The Bertz CT molecular complexity index is 2230. The molecule has 4 nitrogen and oxygen atoms in total. The summed E-state index contributed by atoms with van der Waals surface area (Å²) in [6.07, 6.45) is 1.23. The van der Waals surface area contributed by atoms with Crippen molar-refractivity contribution in [1.82, 2.24) is 0 Å². The van der Waals surface area contributed by atoms with Gasteiger partial charge in [-0.15, -0.1) is 0 Å². The lowest BCUT2D eigenvalue weighted by atomic mass is 9.73. The molecule has 0 spiro atoms. The van der Waals surface area contributed by atoms with Crippen LogP contribution in [0.15, 0.2) is 121 Å². The van der Waals surface area contributed by atoms with Gasteiger partial charge in [-0.25, -0.2) is 9.15 Å². The first-order valence-corrected chi connectivity index (χ1v) is 17.0. The van der Waals surface area contributed by atoms with Crippen LogP contribution in [-0.2, 0) is 9.47 Å². The van der Waals surface area contributed by atoms with Crippen LogP contribution in [0.1, 0.15) is 55.9 Å². The number of ether oxygens (including phenoxy) is 2. The van der Waals surface area contributed by atoms with Crippen LogP contribution in [0, 0.1) is 6.17 Å². The van der Waals surface area contributed by atoms with Crippen LogP contribution in [-0.4, -0.2) is 45.2 Å². The van der Waals surface area contributed by atoms with Gasteiger partial charge in [0.05, 0.1) is 0 Å². The Hall–Kier alpha value is -5.35. The number of benzene rings is 6. The summed E-state index contributed by atoms with van der Waals surface area (Å²) < 4.78 is 18.8. The monoisotopic (exact) mass is 625 g/mol. The molecule has 4 aliphatic heterocycles. The van der Waals surface area contributed by atoms with Crippen molar-refractivity contribution in [3.05, 3.63) is 150 Å². The first-order chi connectivity index (χ1) is 23.3. The van der Waals surface area contributed by atoms with Crippen molar-refractivity contribution in [2.24, 2.45) is 0 Å². The zero-order valence-corrected chi connectivity index (χ0v) is 27.7. The number of fused-ring (bicyclic) bond motifs is 11. The lowest BCUT2D eigenvalue weighted by Crippen LogP contribution is -2.54. The summed E-state index contributed by atoms with van der Waals surface area (Å²) in [5.41, 5.74) is 9.27. The second kappa shape index (κ2) is 9.60. The average Bonchev–Trinajstić information content (AvgIpc) is 3.61. The fourth-order valence-corrected chi connectivity index (χ4v) is 8.76. The molecule has 234 valence electrons. The van der Waals surface area contributed by atoms with Crippen LogP contribution >= 0.6 is 0 Å². The van der Waals surface area contributed by atoms with Gasteiger partial charge in [0.25, 0.3) is 11.8 Å². The fraction of sp³-hybridized carbons (Fsp3) is 0.205. The standard InChI is InChI=1S/C44H37N2O2/c1-43(2)25-47-41-38-33(23-29-19-11-13-21-31(29)35(38)27-15-7-5-8-16-27)37-34-24-30-20-12-14-22-32(30)36(28-17-9-6-10-18-28)39(34)42-46(40(37)45(41)43)44(3,4)26-48-42/h5-24,37H,25-26H2,1-4H3/q+1. The molecule has 48 heavy (non-hydrogen) atoms. The van der Waals surface area contributed by atoms with Crippen LogP contribution in [0.5, 0.6) is 0 Å². The third-order valence-corrected chi connectivity index (χ3v) is 10.8. The predicted octanol–water partition coefficient (Wildman–Crippen LogP) is 9.11. The van der Waals surface area contributed by atoms with Crippen LogP contribution in [0.4, 0.5) is 0 Å². The number of nitrogens with zero attached hydrogens (tertiary/aromatic N) is 2. The zero-order chi connectivity index (χ0) is 32.4. The maximum atomic E-state index is 6.87. The van der Waals surface area contributed by atoms with E-state index in [-0.39, 0.29) is 17.0 Å². The molecular formula is C44H37N2O2+. The Kier molecular flexibility index (Phi) is 5.55. The molecule has 0 aromatic heterocycles. The molecule has 0 aliphatic carbocycles. The lowest BCUT2D eigenvalue weighted by molar-refractivity contribution is -0.763. The largest absolute Gasteiger partial charge is 0.493 e. The van der Waals surface area contributed by atoms with E-state index < -0.39 is 0 Å². The Morgan fingerprint density at radius 1 is 0.521 bits per heavy atom. The number of hydrogen-bond donors (Lipinski definition) is 0. The van der Waals surface area contributed by atoms with Gasteiger partial charge in [-0.3, -0.25) is 0 Å². The smallest absolute Gasteiger partial charge is 0.334 e. The molecule has 0 bridgehead atoms. The third kappa shape index (κ3) is 3.63. The highest BCUT2D eigenvalue weighted by molar-refractivity contribution is 6.14. The first-order valence-electron chi connectivity index (χ1n) is 17.0. The summed E-state index contributed by atoms with van der Waals surface area (Å²) in [7, 11) is 0. The highest BCUT2D eigenvalue weighted by Gasteiger charge is 2.63. The summed E-state index contributed by atoms with van der Waals surface area (Å²) in [6.45, 7) is 10.5. The van der Waals surface area contributed by atoms with Crippen molar-refractivity contribution in [1.29, 1.82) is 0 Å². The van der Waals surface area contributed by atoms with Gasteiger partial charge in [-0.1, -0.05) is 121 Å². The molecule has 0 saturated heterocycles. The van der Waals surface area contributed by atoms with Gasteiger partial charge in [0.1, 0.15) is 19.1 Å². The van der Waals surface area contributed by atoms with E-state index in [1.165, 1.54) is 72.2 Å². The van der Waals surface area contributed by atoms with Gasteiger partial charge in [0, 0.05) is 38.8 Å². The van der Waals surface area contributed by atoms with Gasteiger partial charge >= 0.3 is 6.17 Å². The molecule has 0 fully saturated rings. The first kappa shape index (κ1) is 27.7. The van der Waals surface area contributed by atoms with Crippen molar-refractivity contribution in [2.45, 2.75) is 44.7 Å². The third-order valence-electron chi connectivity index (χ3n) is 10.8. The molecule has 6 aromatic rings. The van der Waals surface area contributed by atoms with Crippen molar-refractivity contribution < 1.29 is 18.6 Å². The Morgan fingerprint density at radius 2 is 0.917 bits per heavy atom. The Balaban J connectivity index is 1.42. The van der Waals surface area contributed by atoms with Gasteiger partial charge in [-0.05, 0) is 54.9 Å². The molecule has 0 amide bonds.